The number of fused-ring (bicyclic) bond motifs is 1. The molecule has 0 aromatic rings. The van der Waals surface area contributed by atoms with Crippen molar-refractivity contribution < 1.29 is 4.94 Å². The van der Waals surface area contributed by atoms with E-state index in [1.54, 1.807) is 11.3 Å². The fourth-order valence-corrected chi connectivity index (χ4v) is 0.722. The molecule has 0 amide bonds. The zero-order chi connectivity index (χ0) is 6.10. The van der Waals surface area contributed by atoms with Gasteiger partial charge in [0.05, 0.1) is 11.9 Å². The molecule has 0 atom stereocenters. The first-order valence-electron chi connectivity index (χ1n) is 2.65. The Morgan fingerprint density at radius 2 is 2.67 bits per heavy atom. The first-order valence-corrected chi connectivity index (χ1v) is 2.65. The summed E-state index contributed by atoms with van der Waals surface area (Å²) in [4.78, 5) is 4.88. The summed E-state index contributed by atoms with van der Waals surface area (Å²) >= 11 is 0. The minimum absolute atomic E-state index is 0.900. The van der Waals surface area contributed by atoms with Gasteiger partial charge in [-0.3, -0.25) is 0 Å². The van der Waals surface area contributed by atoms with Gasteiger partial charge in [-0.2, -0.15) is 4.94 Å². The molecule has 3 nitrogen and oxygen atoms in total. The molecule has 0 unspecified atom stereocenters. The van der Waals surface area contributed by atoms with Gasteiger partial charge in [-0.15, -0.1) is 0 Å². The summed E-state index contributed by atoms with van der Waals surface area (Å²) in [6.07, 6.45) is 10.2. The lowest BCUT2D eigenvalue weighted by molar-refractivity contribution is -0.113. The van der Waals surface area contributed by atoms with Crippen molar-refractivity contribution in [2.45, 2.75) is 0 Å². The first kappa shape index (κ1) is 4.64. The van der Waals surface area contributed by atoms with Crippen molar-refractivity contribution in [1.82, 2.24) is 10.5 Å². The van der Waals surface area contributed by atoms with E-state index in [0.29, 0.717) is 0 Å². The van der Waals surface area contributed by atoms with E-state index in [1.165, 1.54) is 0 Å². The lowest BCUT2D eigenvalue weighted by Crippen LogP contribution is -2.14. The summed E-state index contributed by atoms with van der Waals surface area (Å²) in [5, 5.41) is 1.60. The highest BCUT2D eigenvalue weighted by Gasteiger charge is 2.12. The van der Waals surface area contributed by atoms with Crippen LogP contribution < -0.4 is 5.48 Å². The highest BCUT2D eigenvalue weighted by atomic mass is 16.8. The lowest BCUT2D eigenvalue weighted by atomic mass is 10.3. The first-order chi connectivity index (χ1) is 4.47. The van der Waals surface area contributed by atoms with Gasteiger partial charge in [-0.25, -0.2) is 10.5 Å². The topological polar surface area (TPSA) is 24.5 Å². The smallest absolute Gasteiger partial charge is 0.0973 e. The Morgan fingerprint density at radius 1 is 1.67 bits per heavy atom. The molecule has 1 N–H and O–H groups in total. The van der Waals surface area contributed by atoms with E-state index in [-0.39, 0.29) is 0 Å². The maximum atomic E-state index is 4.88. The van der Waals surface area contributed by atoms with Crippen molar-refractivity contribution in [3.63, 3.8) is 0 Å². The molecule has 2 rings (SSSR count). The summed E-state index contributed by atoms with van der Waals surface area (Å²) in [7, 11) is 0. The maximum absolute atomic E-state index is 4.88. The van der Waals surface area contributed by atoms with Crippen LogP contribution in [0.15, 0.2) is 30.2 Å². The number of allylic oxidation sites excluding steroid dienone is 3. The van der Waals surface area contributed by atoms with Crippen molar-refractivity contribution in [2.75, 3.05) is 0 Å². The van der Waals surface area contributed by atoms with Crippen LogP contribution >= 0.6 is 0 Å². The minimum atomic E-state index is 0.900. The Kier molecular flexibility index (Phi) is 0.841. The number of rotatable bonds is 0. The van der Waals surface area contributed by atoms with Gasteiger partial charge in [0.2, 0.25) is 0 Å². The van der Waals surface area contributed by atoms with E-state index in [0.717, 1.165) is 5.70 Å². The van der Waals surface area contributed by atoms with E-state index in [4.69, 9.17) is 4.94 Å². The molecule has 0 aromatic carbocycles. The summed E-state index contributed by atoms with van der Waals surface area (Å²) in [5.41, 5.74) is 3.49. The number of hydroxylamine groups is 3. The largest absolute Gasteiger partial charge is 0.247 e. The SMILES string of the molecule is [C]1=CC=CN2ONC=C12. The van der Waals surface area contributed by atoms with E-state index in [2.05, 4.69) is 11.6 Å². The van der Waals surface area contributed by atoms with Crippen molar-refractivity contribution in [1.29, 1.82) is 0 Å². The molecule has 9 heavy (non-hydrogen) atoms. The molecule has 0 fully saturated rings. The van der Waals surface area contributed by atoms with Gasteiger partial charge in [0, 0.05) is 12.3 Å². The summed E-state index contributed by atoms with van der Waals surface area (Å²) < 4.78 is 0. The average Bonchev–Trinajstić information content (AvgIpc) is 2.33. The van der Waals surface area contributed by atoms with Gasteiger partial charge in [0.1, 0.15) is 0 Å². The second-order valence-corrected chi connectivity index (χ2v) is 1.72. The fourth-order valence-electron chi connectivity index (χ4n) is 0.722. The van der Waals surface area contributed by atoms with Crippen molar-refractivity contribution in [3.8, 4) is 0 Å². The van der Waals surface area contributed by atoms with Crippen molar-refractivity contribution in [2.24, 2.45) is 0 Å². The van der Waals surface area contributed by atoms with Crippen LogP contribution in [0.3, 0.4) is 0 Å². The Bertz CT molecular complexity index is 202. The minimum Gasteiger partial charge on any atom is -0.247 e. The quantitative estimate of drug-likeness (QED) is 0.504. The second kappa shape index (κ2) is 1.63. The molecular weight excluding hydrogens is 116 g/mol. The summed E-state index contributed by atoms with van der Waals surface area (Å²) in [6.45, 7) is 0. The molecular formula is C6H5N2O. The molecule has 0 saturated carbocycles. The predicted molar refractivity (Wildman–Crippen MR) is 31.1 cm³/mol. The van der Waals surface area contributed by atoms with Gasteiger partial charge in [0.25, 0.3) is 0 Å². The van der Waals surface area contributed by atoms with Gasteiger partial charge in [0.15, 0.2) is 0 Å². The Hall–Kier alpha value is -1.22. The zero-order valence-electron chi connectivity index (χ0n) is 4.66. The standard InChI is InChI=1S/C6H5N2O/c1-2-4-8-6(3-1)5-7-9-8/h1-2,4-5,7H. The molecule has 3 heteroatoms. The molecule has 0 aliphatic carbocycles. The number of nitrogens with zero attached hydrogens (tertiary/aromatic N) is 1. The van der Waals surface area contributed by atoms with E-state index >= 15 is 0 Å². The molecule has 2 heterocycles. The fraction of sp³-hybridized carbons (Fsp3) is 0. The second-order valence-electron chi connectivity index (χ2n) is 1.72. The lowest BCUT2D eigenvalue weighted by Gasteiger charge is -2.11. The summed E-state index contributed by atoms with van der Waals surface area (Å²) in [6, 6.07) is 0. The Labute approximate surface area is 52.8 Å². The normalized spacial score (nSPS) is 21.3. The molecule has 2 aliphatic heterocycles. The highest BCUT2D eigenvalue weighted by Crippen LogP contribution is 2.13. The van der Waals surface area contributed by atoms with Gasteiger partial charge < -0.3 is 0 Å². The number of hydrogen-bond donors (Lipinski definition) is 1. The molecule has 45 valence electrons. The predicted octanol–water partition coefficient (Wildman–Crippen LogP) is 0.466. The maximum Gasteiger partial charge on any atom is 0.0973 e. The average molecular weight is 121 g/mol. The Morgan fingerprint density at radius 3 is 3.56 bits per heavy atom. The van der Waals surface area contributed by atoms with Crippen molar-refractivity contribution >= 4 is 0 Å². The van der Waals surface area contributed by atoms with Crippen LogP contribution in [0.1, 0.15) is 0 Å². The molecule has 0 spiro atoms. The molecule has 0 bridgehead atoms. The highest BCUT2D eigenvalue weighted by molar-refractivity contribution is 5.21. The zero-order valence-corrected chi connectivity index (χ0v) is 4.66. The van der Waals surface area contributed by atoms with Gasteiger partial charge >= 0.3 is 0 Å². The summed E-state index contributed by atoms with van der Waals surface area (Å²) in [5.74, 6) is 0. The number of nitrogens with one attached hydrogen (secondary N) is 1. The van der Waals surface area contributed by atoms with E-state index in [9.17, 15) is 0 Å². The molecule has 2 aliphatic rings. The molecule has 1 radical (unpaired) electrons. The van der Waals surface area contributed by atoms with Gasteiger partial charge in [-0.1, -0.05) is 6.08 Å². The van der Waals surface area contributed by atoms with Crippen LogP contribution in [0, 0.1) is 6.08 Å². The third kappa shape index (κ3) is 0.622. The van der Waals surface area contributed by atoms with Crippen LogP contribution in [0.2, 0.25) is 0 Å². The van der Waals surface area contributed by atoms with Crippen LogP contribution in [0.5, 0.6) is 0 Å². The van der Waals surface area contributed by atoms with Crippen LogP contribution in [0.4, 0.5) is 0 Å². The van der Waals surface area contributed by atoms with Crippen LogP contribution in [-0.4, -0.2) is 5.06 Å². The monoisotopic (exact) mass is 121 g/mol. The van der Waals surface area contributed by atoms with E-state index < -0.39 is 0 Å². The third-order valence-corrected chi connectivity index (χ3v) is 1.13. The van der Waals surface area contributed by atoms with Crippen molar-refractivity contribution in [3.05, 3.63) is 36.3 Å². The molecule has 0 saturated heterocycles. The third-order valence-electron chi connectivity index (χ3n) is 1.13. The van der Waals surface area contributed by atoms with Crippen LogP contribution in [-0.2, 0) is 4.94 Å². The Balaban J connectivity index is 2.33. The van der Waals surface area contributed by atoms with Crippen LogP contribution in [0.25, 0.3) is 0 Å². The van der Waals surface area contributed by atoms with Gasteiger partial charge in [-0.05, 0) is 6.08 Å². The number of hydrogen-bond acceptors (Lipinski definition) is 3. The molecule has 0 aromatic heterocycles. The van der Waals surface area contributed by atoms with E-state index in [1.807, 2.05) is 18.4 Å².